The fourth-order valence-electron chi connectivity index (χ4n) is 2.81. The summed E-state index contributed by atoms with van der Waals surface area (Å²) in [5.74, 6) is -0.591. The van der Waals surface area contributed by atoms with Gasteiger partial charge in [0.05, 0.1) is 12.5 Å². The van der Waals surface area contributed by atoms with Gasteiger partial charge in [0.15, 0.2) is 0 Å². The normalized spacial score (nSPS) is 13.2. The summed E-state index contributed by atoms with van der Waals surface area (Å²) >= 11 is 0. The number of halogens is 1. The van der Waals surface area contributed by atoms with Crippen LogP contribution in [0.2, 0.25) is 0 Å². The van der Waals surface area contributed by atoms with Crippen molar-refractivity contribution in [2.24, 2.45) is 0 Å². The molecule has 2 heteroatoms. The zero-order valence-electron chi connectivity index (χ0n) is 18.8. The van der Waals surface area contributed by atoms with Gasteiger partial charge in [0.25, 0.3) is 0 Å². The van der Waals surface area contributed by atoms with E-state index in [0.29, 0.717) is 11.1 Å². The highest BCUT2D eigenvalue weighted by Crippen LogP contribution is 2.36. The molecule has 0 bridgehead atoms. The van der Waals surface area contributed by atoms with Crippen LogP contribution in [0.1, 0.15) is 6.85 Å². The Morgan fingerprint density at radius 1 is 0.692 bits per heavy atom. The molecule has 1 nitrogen and oxygen atoms in total. The van der Waals surface area contributed by atoms with Crippen LogP contribution in [0.5, 0.6) is 0 Å². The fourth-order valence-corrected chi connectivity index (χ4v) is 2.81. The lowest BCUT2D eigenvalue weighted by Crippen LogP contribution is -1.98. The molecule has 4 aromatic carbocycles. The van der Waals surface area contributed by atoms with Gasteiger partial charge >= 0.3 is 0 Å². The lowest BCUT2D eigenvalue weighted by molar-refractivity contribution is 0.633. The van der Waals surface area contributed by atoms with Crippen LogP contribution < -0.4 is 5.32 Å². The first-order valence-corrected chi connectivity index (χ1v) is 8.17. The Morgan fingerprint density at radius 3 is 1.96 bits per heavy atom. The van der Waals surface area contributed by atoms with Gasteiger partial charge in [-0.1, -0.05) is 78.8 Å². The smallest absolute Gasteiger partial charge is 0.147 e. The molecular weight excluding hydrogens is 321 g/mol. The average molecular weight is 344 g/mol. The zero-order valence-corrected chi connectivity index (χ0v) is 13.8. The predicted molar refractivity (Wildman–Crippen MR) is 107 cm³/mol. The van der Waals surface area contributed by atoms with E-state index in [2.05, 4.69) is 5.32 Å². The van der Waals surface area contributed by atoms with E-state index in [-0.39, 0.29) is 11.4 Å². The van der Waals surface area contributed by atoms with Gasteiger partial charge in [0.2, 0.25) is 0 Å². The van der Waals surface area contributed by atoms with Crippen LogP contribution >= 0.6 is 0 Å². The van der Waals surface area contributed by atoms with E-state index in [1.165, 1.54) is 6.07 Å². The first kappa shape index (κ1) is 11.3. The second-order valence-corrected chi connectivity index (χ2v) is 5.74. The molecule has 0 aliphatic carbocycles. The largest absolute Gasteiger partial charge is 0.353 e. The van der Waals surface area contributed by atoms with E-state index < -0.39 is 36.0 Å². The standard InChI is InChI=1S/C24H18FN/c25-23-17-20(18-10-4-1-5-11-18)16-22(19-12-6-2-7-13-19)24(23)26-21-14-8-3-9-15-21/h1-17,26H/i3D,8D,9D,14D,15D. The monoisotopic (exact) mass is 344 g/mol. The van der Waals surface area contributed by atoms with Gasteiger partial charge < -0.3 is 5.32 Å². The third-order valence-corrected chi connectivity index (χ3v) is 4.03. The average Bonchev–Trinajstić information content (AvgIpc) is 2.81. The lowest BCUT2D eigenvalue weighted by Gasteiger charge is -2.16. The van der Waals surface area contributed by atoms with E-state index in [4.69, 9.17) is 6.85 Å². The minimum atomic E-state index is -0.591. The van der Waals surface area contributed by atoms with Gasteiger partial charge in [-0.25, -0.2) is 4.39 Å². The van der Waals surface area contributed by atoms with Gasteiger partial charge in [-0.05, 0) is 40.9 Å². The Balaban J connectivity index is 1.93. The number of benzene rings is 4. The Hall–Kier alpha value is -3.39. The maximum Gasteiger partial charge on any atom is 0.147 e. The molecule has 0 heterocycles. The van der Waals surface area contributed by atoms with Gasteiger partial charge in [0.1, 0.15) is 5.82 Å². The Morgan fingerprint density at radius 2 is 1.31 bits per heavy atom. The lowest BCUT2D eigenvalue weighted by atomic mass is 9.96. The molecule has 0 amide bonds. The van der Waals surface area contributed by atoms with Crippen LogP contribution in [0.25, 0.3) is 22.3 Å². The van der Waals surface area contributed by atoms with Crippen molar-refractivity contribution < 1.29 is 11.2 Å². The molecule has 1 N–H and O–H groups in total. The number of anilines is 2. The number of nitrogens with one attached hydrogen (secondary N) is 1. The number of para-hydroxylation sites is 1. The van der Waals surface area contributed by atoms with Gasteiger partial charge in [-0.3, -0.25) is 0 Å². The number of hydrogen-bond donors (Lipinski definition) is 1. The molecule has 0 radical (unpaired) electrons. The van der Waals surface area contributed by atoms with Gasteiger partial charge in [-0.15, -0.1) is 0 Å². The van der Waals surface area contributed by atoms with Crippen molar-refractivity contribution in [2.45, 2.75) is 0 Å². The molecular formula is C24H18FN. The second kappa shape index (κ2) is 7.24. The summed E-state index contributed by atoms with van der Waals surface area (Å²) in [5, 5.41) is 2.79. The number of hydrogen-bond acceptors (Lipinski definition) is 1. The first-order chi connectivity index (χ1) is 14.9. The summed E-state index contributed by atoms with van der Waals surface area (Å²) in [4.78, 5) is 0. The molecule has 0 fully saturated rings. The Bertz CT molecular complexity index is 1230. The molecule has 0 unspecified atom stereocenters. The van der Waals surface area contributed by atoms with Crippen molar-refractivity contribution in [3.8, 4) is 22.3 Å². The van der Waals surface area contributed by atoms with Crippen molar-refractivity contribution in [1.29, 1.82) is 0 Å². The minimum absolute atomic E-state index is 0.0458. The van der Waals surface area contributed by atoms with Gasteiger partial charge in [-0.2, -0.15) is 0 Å². The molecule has 4 rings (SSSR count). The highest BCUT2D eigenvalue weighted by Gasteiger charge is 2.14. The van der Waals surface area contributed by atoms with Crippen LogP contribution in [0.3, 0.4) is 0 Å². The Labute approximate surface area is 159 Å². The summed E-state index contributed by atoms with van der Waals surface area (Å²) in [7, 11) is 0. The Kier molecular flexibility index (Phi) is 3.14. The van der Waals surface area contributed by atoms with E-state index in [1.807, 2.05) is 66.7 Å². The summed E-state index contributed by atoms with van der Waals surface area (Å²) in [6.45, 7) is 0. The molecule has 26 heavy (non-hydrogen) atoms. The van der Waals surface area contributed by atoms with E-state index in [1.54, 1.807) is 0 Å². The van der Waals surface area contributed by atoms with Crippen LogP contribution in [0.15, 0.2) is 103 Å². The zero-order chi connectivity index (χ0) is 22.1. The summed E-state index contributed by atoms with van der Waals surface area (Å²) in [6.07, 6.45) is 0. The van der Waals surface area contributed by atoms with E-state index >= 15 is 4.39 Å². The first-order valence-electron chi connectivity index (χ1n) is 10.7. The third-order valence-electron chi connectivity index (χ3n) is 4.03. The van der Waals surface area contributed by atoms with Crippen molar-refractivity contribution in [3.05, 3.63) is 109 Å². The highest BCUT2D eigenvalue weighted by molar-refractivity contribution is 5.85. The van der Waals surface area contributed by atoms with Crippen LogP contribution in [0.4, 0.5) is 15.8 Å². The van der Waals surface area contributed by atoms with Crippen molar-refractivity contribution in [1.82, 2.24) is 0 Å². The van der Waals surface area contributed by atoms with Crippen LogP contribution in [-0.4, -0.2) is 0 Å². The molecule has 4 aromatic rings. The van der Waals surface area contributed by atoms with Crippen molar-refractivity contribution in [3.63, 3.8) is 0 Å². The molecule has 0 saturated carbocycles. The SMILES string of the molecule is [2H]c1c([2H])c([2H])c(Nc2c(F)cc(-c3ccccc3)cc2-c2ccccc2)c([2H])c1[2H]. The second-order valence-electron chi connectivity index (χ2n) is 5.74. The molecule has 0 aliphatic heterocycles. The topological polar surface area (TPSA) is 12.0 Å². The van der Waals surface area contributed by atoms with Crippen LogP contribution in [-0.2, 0) is 0 Å². The van der Waals surface area contributed by atoms with Crippen LogP contribution in [0, 0.1) is 5.82 Å². The number of rotatable bonds is 4. The molecule has 0 spiro atoms. The predicted octanol–water partition coefficient (Wildman–Crippen LogP) is 6.90. The fraction of sp³-hybridized carbons (Fsp3) is 0. The van der Waals surface area contributed by atoms with E-state index in [0.717, 1.165) is 11.1 Å². The summed E-state index contributed by atoms with van der Waals surface area (Å²) < 4.78 is 55.2. The molecule has 0 atom stereocenters. The molecule has 0 aromatic heterocycles. The molecule has 0 aliphatic rings. The van der Waals surface area contributed by atoms with E-state index in [9.17, 15) is 0 Å². The summed E-state index contributed by atoms with van der Waals surface area (Å²) in [5.41, 5.74) is 2.63. The summed E-state index contributed by atoms with van der Waals surface area (Å²) in [6, 6.07) is 19.5. The highest BCUT2D eigenvalue weighted by atomic mass is 19.1. The molecule has 0 saturated heterocycles. The minimum Gasteiger partial charge on any atom is -0.353 e. The maximum atomic E-state index is 15.4. The quantitative estimate of drug-likeness (QED) is 0.424. The van der Waals surface area contributed by atoms with Gasteiger partial charge in [0, 0.05) is 11.3 Å². The van der Waals surface area contributed by atoms with Crippen molar-refractivity contribution >= 4 is 11.4 Å². The molecule has 126 valence electrons. The third kappa shape index (κ3) is 3.35. The maximum absolute atomic E-state index is 15.4. The van der Waals surface area contributed by atoms with Crippen molar-refractivity contribution in [2.75, 3.05) is 5.32 Å².